The third kappa shape index (κ3) is 5.50. The standard InChI is InChI=1S/C22H19ClN4O8/c1-33-14-6-4-5-12(7-14)24-21-15(8-13(26(29)30)9-18(21)27(31)32)22(28)25-17-11-19(34-2)16(23)10-20(17)35-3/h4-11,24H,1-3H3,(H,25,28). The highest BCUT2D eigenvalue weighted by Crippen LogP contribution is 2.39. The van der Waals surface area contributed by atoms with E-state index in [-0.39, 0.29) is 33.5 Å². The van der Waals surface area contributed by atoms with E-state index in [0.717, 1.165) is 12.1 Å². The third-order valence-electron chi connectivity index (χ3n) is 4.82. The number of hydrogen-bond donors (Lipinski definition) is 2. The van der Waals surface area contributed by atoms with Gasteiger partial charge in [0, 0.05) is 30.0 Å². The zero-order valence-electron chi connectivity index (χ0n) is 18.7. The van der Waals surface area contributed by atoms with Crippen LogP contribution in [0.15, 0.2) is 48.5 Å². The van der Waals surface area contributed by atoms with Gasteiger partial charge in [-0.1, -0.05) is 17.7 Å². The molecule has 0 fully saturated rings. The Morgan fingerprint density at radius 1 is 0.914 bits per heavy atom. The monoisotopic (exact) mass is 502 g/mol. The van der Waals surface area contributed by atoms with Gasteiger partial charge in [0.25, 0.3) is 17.3 Å². The van der Waals surface area contributed by atoms with Gasteiger partial charge in [-0.3, -0.25) is 25.0 Å². The first-order chi connectivity index (χ1) is 16.7. The molecule has 2 N–H and O–H groups in total. The van der Waals surface area contributed by atoms with Crippen LogP contribution in [0.3, 0.4) is 0 Å². The van der Waals surface area contributed by atoms with Crippen LogP contribution in [0.5, 0.6) is 17.2 Å². The summed E-state index contributed by atoms with van der Waals surface area (Å²) in [7, 11) is 4.17. The van der Waals surface area contributed by atoms with Crippen molar-refractivity contribution in [3.63, 3.8) is 0 Å². The lowest BCUT2D eigenvalue weighted by Crippen LogP contribution is -2.16. The van der Waals surface area contributed by atoms with Crippen molar-refractivity contribution >= 4 is 45.9 Å². The number of nitro benzene ring substituents is 2. The number of nitro groups is 2. The summed E-state index contributed by atoms with van der Waals surface area (Å²) < 4.78 is 15.5. The Kier molecular flexibility index (Phi) is 7.56. The fourth-order valence-electron chi connectivity index (χ4n) is 3.16. The summed E-state index contributed by atoms with van der Waals surface area (Å²) in [6, 6.07) is 10.9. The number of halogens is 1. The smallest absolute Gasteiger partial charge is 0.300 e. The molecular weight excluding hydrogens is 484 g/mol. The molecule has 1 amide bonds. The van der Waals surface area contributed by atoms with Crippen LogP contribution in [0.4, 0.5) is 28.4 Å². The highest BCUT2D eigenvalue weighted by molar-refractivity contribution is 6.32. The Labute approximate surface area is 203 Å². The fraction of sp³-hybridized carbons (Fsp3) is 0.136. The summed E-state index contributed by atoms with van der Waals surface area (Å²) in [4.78, 5) is 34.9. The van der Waals surface area contributed by atoms with Gasteiger partial charge >= 0.3 is 0 Å². The van der Waals surface area contributed by atoms with E-state index in [9.17, 15) is 25.0 Å². The third-order valence-corrected chi connectivity index (χ3v) is 5.11. The lowest BCUT2D eigenvalue weighted by atomic mass is 10.1. The highest BCUT2D eigenvalue weighted by atomic mass is 35.5. The van der Waals surface area contributed by atoms with E-state index in [1.807, 2.05) is 0 Å². The molecule has 0 bridgehead atoms. The molecule has 0 radical (unpaired) electrons. The van der Waals surface area contributed by atoms with E-state index in [1.54, 1.807) is 24.3 Å². The Morgan fingerprint density at radius 2 is 1.63 bits per heavy atom. The largest absolute Gasteiger partial charge is 0.497 e. The van der Waals surface area contributed by atoms with Gasteiger partial charge in [0.15, 0.2) is 0 Å². The maximum atomic E-state index is 13.3. The number of ether oxygens (including phenoxy) is 3. The number of non-ortho nitro benzene ring substituents is 1. The average molecular weight is 503 g/mol. The second-order valence-electron chi connectivity index (χ2n) is 6.90. The quantitative estimate of drug-likeness (QED) is 0.297. The molecule has 0 heterocycles. The van der Waals surface area contributed by atoms with Crippen LogP contribution in [-0.2, 0) is 0 Å². The molecule has 13 heteroatoms. The number of nitrogens with one attached hydrogen (secondary N) is 2. The normalized spacial score (nSPS) is 10.3. The Balaban J connectivity index is 2.16. The number of benzene rings is 3. The minimum atomic E-state index is -0.884. The van der Waals surface area contributed by atoms with Gasteiger partial charge in [-0.25, -0.2) is 0 Å². The number of rotatable bonds is 9. The SMILES string of the molecule is COc1cccc(Nc2c(C(=O)Nc3cc(OC)c(Cl)cc3OC)cc([N+](=O)[O-])cc2[N+](=O)[O-])c1. The van der Waals surface area contributed by atoms with Gasteiger partial charge in [-0.2, -0.15) is 0 Å². The maximum Gasteiger partial charge on any atom is 0.300 e. The van der Waals surface area contributed by atoms with Gasteiger partial charge in [0.05, 0.1) is 53.5 Å². The van der Waals surface area contributed by atoms with Crippen molar-refractivity contribution in [1.29, 1.82) is 0 Å². The molecule has 12 nitrogen and oxygen atoms in total. The van der Waals surface area contributed by atoms with Gasteiger partial charge in [0.1, 0.15) is 22.9 Å². The van der Waals surface area contributed by atoms with E-state index in [0.29, 0.717) is 11.4 Å². The number of nitrogens with zero attached hydrogens (tertiary/aromatic N) is 2. The first kappa shape index (κ1) is 25.1. The summed E-state index contributed by atoms with van der Waals surface area (Å²) >= 11 is 6.10. The lowest BCUT2D eigenvalue weighted by Gasteiger charge is -2.16. The predicted molar refractivity (Wildman–Crippen MR) is 129 cm³/mol. The van der Waals surface area contributed by atoms with Gasteiger partial charge in [0.2, 0.25) is 0 Å². The number of anilines is 3. The molecule has 0 unspecified atom stereocenters. The van der Waals surface area contributed by atoms with Crippen LogP contribution in [0, 0.1) is 20.2 Å². The molecule has 3 aromatic rings. The molecule has 0 atom stereocenters. The van der Waals surface area contributed by atoms with Crippen molar-refractivity contribution in [2.45, 2.75) is 0 Å². The molecular formula is C22H19ClN4O8. The van der Waals surface area contributed by atoms with Crippen LogP contribution in [0.1, 0.15) is 10.4 Å². The van der Waals surface area contributed by atoms with Crippen molar-refractivity contribution in [3.8, 4) is 17.2 Å². The van der Waals surface area contributed by atoms with Crippen molar-refractivity contribution < 1.29 is 28.9 Å². The molecule has 0 spiro atoms. The summed E-state index contributed by atoms with van der Waals surface area (Å²) in [5, 5.41) is 28.8. The number of carbonyl (C=O) groups is 1. The molecule has 0 saturated carbocycles. The Hall–Kier alpha value is -4.58. The molecule has 0 aliphatic rings. The first-order valence-corrected chi connectivity index (χ1v) is 10.2. The van der Waals surface area contributed by atoms with Crippen LogP contribution in [0.2, 0.25) is 5.02 Å². The van der Waals surface area contributed by atoms with Crippen molar-refractivity contribution in [3.05, 3.63) is 79.3 Å². The second kappa shape index (κ2) is 10.6. The Bertz CT molecular complexity index is 1310. The zero-order chi connectivity index (χ0) is 25.7. The van der Waals surface area contributed by atoms with Crippen LogP contribution < -0.4 is 24.8 Å². The average Bonchev–Trinajstić information content (AvgIpc) is 2.84. The summed E-state index contributed by atoms with van der Waals surface area (Å²) in [5.74, 6) is -0.0395. The molecule has 0 saturated heterocycles. The number of methoxy groups -OCH3 is 3. The molecule has 0 aliphatic heterocycles. The van der Waals surface area contributed by atoms with Crippen molar-refractivity contribution in [2.24, 2.45) is 0 Å². The summed E-state index contributed by atoms with van der Waals surface area (Å²) in [6.45, 7) is 0. The van der Waals surface area contributed by atoms with E-state index in [1.165, 1.54) is 33.5 Å². The van der Waals surface area contributed by atoms with Gasteiger partial charge in [-0.15, -0.1) is 0 Å². The number of hydrogen-bond acceptors (Lipinski definition) is 9. The minimum Gasteiger partial charge on any atom is -0.497 e. The lowest BCUT2D eigenvalue weighted by molar-refractivity contribution is -0.393. The predicted octanol–water partition coefficient (Wildman–Crippen LogP) is 5.18. The second-order valence-corrected chi connectivity index (χ2v) is 7.31. The van der Waals surface area contributed by atoms with Crippen LogP contribution in [-0.4, -0.2) is 37.1 Å². The number of carbonyl (C=O) groups excluding carboxylic acids is 1. The molecule has 3 rings (SSSR count). The van der Waals surface area contributed by atoms with Crippen molar-refractivity contribution in [1.82, 2.24) is 0 Å². The summed E-state index contributed by atoms with van der Waals surface area (Å²) in [6.07, 6.45) is 0. The van der Waals surface area contributed by atoms with Crippen molar-refractivity contribution in [2.75, 3.05) is 32.0 Å². The van der Waals surface area contributed by atoms with Gasteiger partial charge < -0.3 is 24.8 Å². The maximum absolute atomic E-state index is 13.3. The van der Waals surface area contributed by atoms with E-state index in [4.69, 9.17) is 25.8 Å². The highest BCUT2D eigenvalue weighted by Gasteiger charge is 2.28. The zero-order valence-corrected chi connectivity index (χ0v) is 19.4. The van der Waals surface area contributed by atoms with E-state index in [2.05, 4.69) is 10.6 Å². The molecule has 0 aromatic heterocycles. The Morgan fingerprint density at radius 3 is 2.23 bits per heavy atom. The summed E-state index contributed by atoms with van der Waals surface area (Å²) in [5.41, 5.74) is -1.45. The van der Waals surface area contributed by atoms with E-state index >= 15 is 0 Å². The minimum absolute atomic E-state index is 0.125. The molecule has 0 aliphatic carbocycles. The van der Waals surface area contributed by atoms with Gasteiger partial charge in [-0.05, 0) is 12.1 Å². The number of amides is 1. The van der Waals surface area contributed by atoms with Crippen LogP contribution >= 0.6 is 11.6 Å². The van der Waals surface area contributed by atoms with Crippen LogP contribution in [0.25, 0.3) is 0 Å². The molecule has 35 heavy (non-hydrogen) atoms. The fourth-order valence-corrected chi connectivity index (χ4v) is 3.40. The molecule has 3 aromatic carbocycles. The topological polar surface area (TPSA) is 155 Å². The molecule has 182 valence electrons. The first-order valence-electron chi connectivity index (χ1n) is 9.79. The van der Waals surface area contributed by atoms with E-state index < -0.39 is 27.1 Å².